The number of nitrogens with one attached hydrogen (secondary N) is 1. The van der Waals surface area contributed by atoms with Crippen LogP contribution < -0.4 is 5.32 Å². The van der Waals surface area contributed by atoms with Gasteiger partial charge in [-0.2, -0.15) is 0 Å². The highest BCUT2D eigenvalue weighted by molar-refractivity contribution is 7.11. The van der Waals surface area contributed by atoms with Gasteiger partial charge in [0.1, 0.15) is 0 Å². The van der Waals surface area contributed by atoms with Gasteiger partial charge in [0.05, 0.1) is 11.6 Å². The molecule has 2 aromatic rings. The number of methoxy groups -OCH3 is 1. The number of rotatable bonds is 9. The largest absolute Gasteiger partial charge is 0.383 e. The van der Waals surface area contributed by atoms with Gasteiger partial charge in [0.2, 0.25) is 0 Å². The maximum absolute atomic E-state index is 5.09. The van der Waals surface area contributed by atoms with Crippen LogP contribution in [0.4, 0.5) is 0 Å². The first-order valence-corrected chi connectivity index (χ1v) is 8.24. The van der Waals surface area contributed by atoms with Crippen LogP contribution in [-0.2, 0) is 17.6 Å². The zero-order chi connectivity index (χ0) is 14.9. The average molecular weight is 304 g/mol. The number of hydrogen-bond donors (Lipinski definition) is 1. The molecule has 3 nitrogen and oxygen atoms in total. The monoisotopic (exact) mass is 304 g/mol. The minimum absolute atomic E-state index is 0.587. The molecule has 0 aliphatic carbocycles. The van der Waals surface area contributed by atoms with E-state index < -0.39 is 0 Å². The number of thiazole rings is 1. The Morgan fingerprint density at radius 3 is 2.71 bits per heavy atom. The maximum Gasteiger partial charge on any atom is 0.0896 e. The lowest BCUT2D eigenvalue weighted by molar-refractivity contribution is 0.197. The third-order valence-electron chi connectivity index (χ3n) is 3.44. The highest BCUT2D eigenvalue weighted by atomic mass is 32.1. The molecule has 0 aliphatic rings. The van der Waals surface area contributed by atoms with Gasteiger partial charge < -0.3 is 10.1 Å². The minimum Gasteiger partial charge on any atom is -0.383 e. The van der Waals surface area contributed by atoms with Crippen molar-refractivity contribution in [1.82, 2.24) is 10.3 Å². The Labute approximate surface area is 131 Å². The number of hydrogen-bond acceptors (Lipinski definition) is 4. The lowest BCUT2D eigenvalue weighted by Crippen LogP contribution is -2.28. The smallest absolute Gasteiger partial charge is 0.0896 e. The predicted molar refractivity (Wildman–Crippen MR) is 88.9 cm³/mol. The van der Waals surface area contributed by atoms with Crippen molar-refractivity contribution in [3.63, 3.8) is 0 Å². The van der Waals surface area contributed by atoms with Crippen LogP contribution in [-0.4, -0.2) is 31.8 Å². The molecule has 0 aliphatic heterocycles. The SMILES string of the molecule is COCCNCC(Cc1ccccc1)Cc1cnc(C)s1. The Balaban J connectivity index is 1.92. The second-order valence-corrected chi connectivity index (χ2v) is 6.62. The highest BCUT2D eigenvalue weighted by Gasteiger charge is 2.12. The number of aryl methyl sites for hydroxylation is 1. The molecule has 114 valence electrons. The fraction of sp³-hybridized carbons (Fsp3) is 0.471. The topological polar surface area (TPSA) is 34.1 Å². The molecule has 1 atom stereocenters. The Kier molecular flexibility index (Phi) is 6.86. The fourth-order valence-electron chi connectivity index (χ4n) is 2.43. The first kappa shape index (κ1) is 16.1. The van der Waals surface area contributed by atoms with E-state index in [9.17, 15) is 0 Å². The molecular weight excluding hydrogens is 280 g/mol. The maximum atomic E-state index is 5.09. The molecular formula is C17H24N2OS. The normalized spacial score (nSPS) is 12.5. The molecule has 2 rings (SSSR count). The van der Waals surface area contributed by atoms with Crippen molar-refractivity contribution in [3.05, 3.63) is 52.0 Å². The van der Waals surface area contributed by atoms with Gasteiger partial charge in [-0.1, -0.05) is 30.3 Å². The molecule has 1 unspecified atom stereocenters. The van der Waals surface area contributed by atoms with Crippen LogP contribution in [0.1, 0.15) is 15.4 Å². The van der Waals surface area contributed by atoms with Crippen LogP contribution >= 0.6 is 11.3 Å². The molecule has 4 heteroatoms. The summed E-state index contributed by atoms with van der Waals surface area (Å²) < 4.78 is 5.09. The standard InChI is InChI=1S/C17H24N2OS/c1-14-19-13-17(21-14)11-16(12-18-8-9-20-2)10-15-6-4-3-5-7-15/h3-7,13,16,18H,8-12H2,1-2H3. The molecule has 0 radical (unpaired) electrons. The van der Waals surface area contributed by atoms with Crippen molar-refractivity contribution in [2.45, 2.75) is 19.8 Å². The van der Waals surface area contributed by atoms with Gasteiger partial charge in [0.25, 0.3) is 0 Å². The molecule has 1 aromatic carbocycles. The third kappa shape index (κ3) is 5.96. The van der Waals surface area contributed by atoms with Gasteiger partial charge in [-0.15, -0.1) is 11.3 Å². The minimum atomic E-state index is 0.587. The van der Waals surface area contributed by atoms with Crippen molar-refractivity contribution in [2.24, 2.45) is 5.92 Å². The molecule has 0 amide bonds. The zero-order valence-electron chi connectivity index (χ0n) is 12.8. The molecule has 1 heterocycles. The lowest BCUT2D eigenvalue weighted by atomic mass is 9.95. The molecule has 1 N–H and O–H groups in total. The summed E-state index contributed by atoms with van der Waals surface area (Å²) in [5.74, 6) is 0.587. The van der Waals surface area contributed by atoms with Gasteiger partial charge >= 0.3 is 0 Å². The molecule has 0 spiro atoms. The first-order valence-electron chi connectivity index (χ1n) is 7.43. The number of nitrogens with zero attached hydrogens (tertiary/aromatic N) is 1. The van der Waals surface area contributed by atoms with Crippen molar-refractivity contribution >= 4 is 11.3 Å². The molecule has 0 saturated carbocycles. The molecule has 0 bridgehead atoms. The van der Waals surface area contributed by atoms with Crippen LogP contribution in [0.3, 0.4) is 0 Å². The second kappa shape index (κ2) is 8.93. The summed E-state index contributed by atoms with van der Waals surface area (Å²) in [4.78, 5) is 5.74. The van der Waals surface area contributed by atoms with Crippen LogP contribution in [0.15, 0.2) is 36.5 Å². The van der Waals surface area contributed by atoms with E-state index in [4.69, 9.17) is 4.74 Å². The van der Waals surface area contributed by atoms with Gasteiger partial charge in [-0.3, -0.25) is 0 Å². The van der Waals surface area contributed by atoms with Gasteiger partial charge in [0.15, 0.2) is 0 Å². The zero-order valence-corrected chi connectivity index (χ0v) is 13.7. The number of ether oxygens (including phenoxy) is 1. The van der Waals surface area contributed by atoms with Crippen molar-refractivity contribution in [1.29, 1.82) is 0 Å². The van der Waals surface area contributed by atoms with Crippen LogP contribution in [0.2, 0.25) is 0 Å². The Bertz CT molecular complexity index is 513. The van der Waals surface area contributed by atoms with Crippen molar-refractivity contribution in [2.75, 3.05) is 26.8 Å². The van der Waals surface area contributed by atoms with Gasteiger partial charge in [0, 0.05) is 24.7 Å². The Morgan fingerprint density at radius 2 is 2.05 bits per heavy atom. The molecule has 21 heavy (non-hydrogen) atoms. The molecule has 0 fully saturated rings. The summed E-state index contributed by atoms with van der Waals surface area (Å²) in [5, 5.41) is 4.64. The van der Waals surface area contributed by atoms with E-state index in [1.165, 1.54) is 10.4 Å². The summed E-state index contributed by atoms with van der Waals surface area (Å²) >= 11 is 1.81. The Hall–Kier alpha value is -1.23. The highest BCUT2D eigenvalue weighted by Crippen LogP contribution is 2.19. The molecule has 0 saturated heterocycles. The van der Waals surface area contributed by atoms with E-state index in [0.29, 0.717) is 5.92 Å². The second-order valence-electron chi connectivity index (χ2n) is 5.30. The quantitative estimate of drug-likeness (QED) is 0.723. The van der Waals surface area contributed by atoms with Crippen LogP contribution in [0.5, 0.6) is 0 Å². The van der Waals surface area contributed by atoms with E-state index in [-0.39, 0.29) is 0 Å². The van der Waals surface area contributed by atoms with Gasteiger partial charge in [-0.25, -0.2) is 4.98 Å². The van der Waals surface area contributed by atoms with E-state index in [1.807, 2.05) is 6.20 Å². The summed E-state index contributed by atoms with van der Waals surface area (Å²) in [7, 11) is 1.74. The summed E-state index contributed by atoms with van der Waals surface area (Å²) in [6.07, 6.45) is 4.20. The first-order chi connectivity index (χ1) is 10.3. The average Bonchev–Trinajstić information content (AvgIpc) is 2.90. The van der Waals surface area contributed by atoms with E-state index in [2.05, 4.69) is 47.6 Å². The Morgan fingerprint density at radius 1 is 1.24 bits per heavy atom. The van der Waals surface area contributed by atoms with Crippen molar-refractivity contribution < 1.29 is 4.74 Å². The summed E-state index contributed by atoms with van der Waals surface area (Å²) in [5.41, 5.74) is 1.40. The van der Waals surface area contributed by atoms with E-state index in [1.54, 1.807) is 18.4 Å². The fourth-order valence-corrected chi connectivity index (χ4v) is 3.34. The van der Waals surface area contributed by atoms with Crippen LogP contribution in [0.25, 0.3) is 0 Å². The predicted octanol–water partition coefficient (Wildman–Crippen LogP) is 3.09. The van der Waals surface area contributed by atoms with Crippen LogP contribution in [0, 0.1) is 12.8 Å². The lowest BCUT2D eigenvalue weighted by Gasteiger charge is -2.17. The van der Waals surface area contributed by atoms with Crippen molar-refractivity contribution in [3.8, 4) is 0 Å². The number of benzene rings is 1. The summed E-state index contributed by atoms with van der Waals surface area (Å²) in [6, 6.07) is 10.7. The van der Waals surface area contributed by atoms with Gasteiger partial charge in [-0.05, 0) is 37.8 Å². The number of aromatic nitrogens is 1. The third-order valence-corrected chi connectivity index (χ3v) is 4.38. The van der Waals surface area contributed by atoms with E-state index in [0.717, 1.165) is 37.5 Å². The van der Waals surface area contributed by atoms with E-state index >= 15 is 0 Å². The summed E-state index contributed by atoms with van der Waals surface area (Å²) in [6.45, 7) is 4.74. The molecule has 1 aromatic heterocycles.